The van der Waals surface area contributed by atoms with Crippen LogP contribution in [-0.2, 0) is 4.79 Å². The molecule has 1 aliphatic heterocycles. The van der Waals surface area contributed by atoms with Gasteiger partial charge in [0.15, 0.2) is 5.78 Å². The SMILES string of the molecule is Br.CC(=O)Oc1ccc(C(=O)CN2CSC(C)=C2C)cc1. The molecule has 4 nitrogen and oxygen atoms in total. The summed E-state index contributed by atoms with van der Waals surface area (Å²) < 4.78 is 4.94. The molecule has 1 aromatic rings. The van der Waals surface area contributed by atoms with Gasteiger partial charge in [-0.2, -0.15) is 0 Å². The summed E-state index contributed by atoms with van der Waals surface area (Å²) in [5.74, 6) is 0.982. The summed E-state index contributed by atoms with van der Waals surface area (Å²) in [6, 6.07) is 6.66. The van der Waals surface area contributed by atoms with Crippen LogP contribution >= 0.6 is 28.7 Å². The first-order valence-corrected chi connectivity index (χ1v) is 7.33. The summed E-state index contributed by atoms with van der Waals surface area (Å²) in [7, 11) is 0. The molecular formula is C15H18BrNO3S. The van der Waals surface area contributed by atoms with Crippen molar-refractivity contribution in [2.75, 3.05) is 12.4 Å². The summed E-state index contributed by atoms with van der Waals surface area (Å²) in [5, 5.41) is 0. The minimum atomic E-state index is -0.366. The highest BCUT2D eigenvalue weighted by atomic mass is 79.9. The van der Waals surface area contributed by atoms with Crippen LogP contribution in [0.25, 0.3) is 0 Å². The van der Waals surface area contributed by atoms with Gasteiger partial charge in [-0.3, -0.25) is 9.59 Å². The van der Waals surface area contributed by atoms with Gasteiger partial charge in [-0.15, -0.1) is 28.7 Å². The molecule has 0 saturated heterocycles. The van der Waals surface area contributed by atoms with Crippen molar-refractivity contribution in [3.8, 4) is 5.75 Å². The highest BCUT2D eigenvalue weighted by molar-refractivity contribution is 8.93. The predicted molar refractivity (Wildman–Crippen MR) is 89.9 cm³/mol. The average molecular weight is 372 g/mol. The van der Waals surface area contributed by atoms with Crippen molar-refractivity contribution in [3.63, 3.8) is 0 Å². The molecule has 2 rings (SSSR count). The Labute approximate surface area is 139 Å². The van der Waals surface area contributed by atoms with Crippen molar-refractivity contribution in [2.45, 2.75) is 20.8 Å². The molecule has 0 aliphatic carbocycles. The number of thioether (sulfide) groups is 1. The third kappa shape index (κ3) is 4.61. The van der Waals surface area contributed by atoms with Crippen LogP contribution in [0.5, 0.6) is 5.75 Å². The summed E-state index contributed by atoms with van der Waals surface area (Å²) in [6.07, 6.45) is 0. The molecule has 0 N–H and O–H groups in total. The minimum absolute atomic E-state index is 0. The number of nitrogens with zero attached hydrogens (tertiary/aromatic N) is 1. The van der Waals surface area contributed by atoms with E-state index in [1.807, 2.05) is 6.92 Å². The second-order valence-electron chi connectivity index (χ2n) is 4.65. The van der Waals surface area contributed by atoms with Crippen LogP contribution in [0.15, 0.2) is 34.9 Å². The number of esters is 1. The smallest absolute Gasteiger partial charge is 0.308 e. The van der Waals surface area contributed by atoms with Gasteiger partial charge in [0.05, 0.1) is 12.4 Å². The van der Waals surface area contributed by atoms with Crippen LogP contribution in [-0.4, -0.2) is 29.1 Å². The molecule has 6 heteroatoms. The van der Waals surface area contributed by atoms with Crippen molar-refractivity contribution < 1.29 is 14.3 Å². The number of hydrogen-bond acceptors (Lipinski definition) is 5. The number of benzene rings is 1. The van der Waals surface area contributed by atoms with E-state index in [1.165, 1.54) is 17.5 Å². The van der Waals surface area contributed by atoms with Gasteiger partial charge in [0, 0.05) is 23.1 Å². The molecule has 1 aromatic carbocycles. The first-order valence-electron chi connectivity index (χ1n) is 6.34. The van der Waals surface area contributed by atoms with Gasteiger partial charge in [-0.1, -0.05) is 0 Å². The number of ketones is 1. The van der Waals surface area contributed by atoms with Gasteiger partial charge < -0.3 is 9.64 Å². The van der Waals surface area contributed by atoms with E-state index in [0.29, 0.717) is 17.9 Å². The van der Waals surface area contributed by atoms with Crippen molar-refractivity contribution in [1.82, 2.24) is 4.90 Å². The van der Waals surface area contributed by atoms with Gasteiger partial charge in [-0.25, -0.2) is 0 Å². The van der Waals surface area contributed by atoms with E-state index >= 15 is 0 Å². The van der Waals surface area contributed by atoms with Crippen LogP contribution in [0.2, 0.25) is 0 Å². The summed E-state index contributed by atoms with van der Waals surface area (Å²) in [4.78, 5) is 26.4. The fraction of sp³-hybridized carbons (Fsp3) is 0.333. The first kappa shape index (κ1) is 17.8. The van der Waals surface area contributed by atoms with Crippen LogP contribution in [0.1, 0.15) is 31.1 Å². The Balaban J connectivity index is 0.00000220. The fourth-order valence-corrected chi connectivity index (χ4v) is 2.87. The van der Waals surface area contributed by atoms with Gasteiger partial charge in [-0.05, 0) is 38.1 Å². The van der Waals surface area contributed by atoms with E-state index in [0.717, 1.165) is 5.88 Å². The number of hydrogen-bond donors (Lipinski definition) is 0. The molecule has 1 heterocycles. The molecule has 0 unspecified atom stereocenters. The Bertz CT molecular complexity index is 569. The van der Waals surface area contributed by atoms with Crippen molar-refractivity contribution >= 4 is 40.5 Å². The molecule has 0 radical (unpaired) electrons. The molecule has 0 saturated carbocycles. The largest absolute Gasteiger partial charge is 0.427 e. The van der Waals surface area contributed by atoms with E-state index in [1.54, 1.807) is 36.0 Å². The van der Waals surface area contributed by atoms with Crippen LogP contribution in [0.3, 0.4) is 0 Å². The van der Waals surface area contributed by atoms with E-state index < -0.39 is 0 Å². The number of ether oxygens (including phenoxy) is 1. The maximum absolute atomic E-state index is 12.2. The fourth-order valence-electron chi connectivity index (χ4n) is 1.90. The molecule has 21 heavy (non-hydrogen) atoms. The number of rotatable bonds is 4. The molecule has 1 aliphatic rings. The van der Waals surface area contributed by atoms with Crippen molar-refractivity contribution in [2.24, 2.45) is 0 Å². The lowest BCUT2D eigenvalue weighted by Gasteiger charge is -2.18. The Morgan fingerprint density at radius 3 is 2.33 bits per heavy atom. The molecule has 114 valence electrons. The number of carbonyl (C=O) groups is 2. The maximum Gasteiger partial charge on any atom is 0.308 e. The monoisotopic (exact) mass is 371 g/mol. The van der Waals surface area contributed by atoms with Crippen molar-refractivity contribution in [1.29, 1.82) is 0 Å². The van der Waals surface area contributed by atoms with Gasteiger partial charge in [0.25, 0.3) is 0 Å². The normalized spacial score (nSPS) is 14.0. The van der Waals surface area contributed by atoms with Gasteiger partial charge in [0.2, 0.25) is 0 Å². The molecule has 0 fully saturated rings. The number of allylic oxidation sites excluding steroid dienone is 2. The number of carbonyl (C=O) groups excluding carboxylic acids is 2. The summed E-state index contributed by atoms with van der Waals surface area (Å²) >= 11 is 1.76. The highest BCUT2D eigenvalue weighted by Gasteiger charge is 2.19. The zero-order valence-corrected chi connectivity index (χ0v) is 14.7. The second-order valence-corrected chi connectivity index (χ2v) is 5.81. The Morgan fingerprint density at radius 1 is 1.24 bits per heavy atom. The van der Waals surface area contributed by atoms with Crippen LogP contribution in [0, 0.1) is 0 Å². The molecular weight excluding hydrogens is 354 g/mol. The molecule has 0 amide bonds. The number of Topliss-reactive ketones (excluding diaryl/α,β-unsaturated/α-hetero) is 1. The number of halogens is 1. The average Bonchev–Trinajstić information content (AvgIpc) is 2.71. The second kappa shape index (κ2) is 7.66. The minimum Gasteiger partial charge on any atom is -0.427 e. The zero-order chi connectivity index (χ0) is 14.7. The molecule has 0 atom stereocenters. The Hall–Kier alpha value is -1.27. The quantitative estimate of drug-likeness (QED) is 0.459. The van der Waals surface area contributed by atoms with Crippen molar-refractivity contribution in [3.05, 3.63) is 40.4 Å². The van der Waals surface area contributed by atoms with E-state index in [9.17, 15) is 9.59 Å². The molecule has 0 spiro atoms. The predicted octanol–water partition coefficient (Wildman–Crippen LogP) is 3.63. The summed E-state index contributed by atoms with van der Waals surface area (Å²) in [5.41, 5.74) is 1.79. The Morgan fingerprint density at radius 2 is 1.86 bits per heavy atom. The van der Waals surface area contributed by atoms with Crippen LogP contribution in [0.4, 0.5) is 0 Å². The highest BCUT2D eigenvalue weighted by Crippen LogP contribution is 2.30. The lowest BCUT2D eigenvalue weighted by molar-refractivity contribution is -0.131. The lowest BCUT2D eigenvalue weighted by Crippen LogP contribution is -2.25. The lowest BCUT2D eigenvalue weighted by atomic mass is 10.1. The first-order chi connectivity index (χ1) is 9.47. The third-order valence-corrected chi connectivity index (χ3v) is 4.36. The van der Waals surface area contributed by atoms with E-state index in [2.05, 4.69) is 11.8 Å². The van der Waals surface area contributed by atoms with Crippen LogP contribution < -0.4 is 4.74 Å². The molecule has 0 aromatic heterocycles. The van der Waals surface area contributed by atoms with Gasteiger partial charge in [0.1, 0.15) is 5.75 Å². The van der Waals surface area contributed by atoms with Gasteiger partial charge >= 0.3 is 5.97 Å². The zero-order valence-electron chi connectivity index (χ0n) is 12.2. The topological polar surface area (TPSA) is 46.6 Å². The third-order valence-electron chi connectivity index (χ3n) is 3.19. The standard InChI is InChI=1S/C15H17NO3S.BrH/c1-10-11(2)20-9-16(10)8-15(18)13-4-6-14(7-5-13)19-12(3)17;/h4-7H,8-9H2,1-3H3;1H. The van der Waals surface area contributed by atoms with E-state index in [4.69, 9.17) is 4.74 Å². The Kier molecular flexibility index (Phi) is 6.48. The maximum atomic E-state index is 12.2. The molecule has 0 bridgehead atoms. The summed E-state index contributed by atoms with van der Waals surface area (Å²) in [6.45, 7) is 5.83. The van der Waals surface area contributed by atoms with E-state index in [-0.39, 0.29) is 28.7 Å².